The Labute approximate surface area is 84.1 Å². The van der Waals surface area contributed by atoms with Crippen molar-refractivity contribution in [3.63, 3.8) is 0 Å². The lowest BCUT2D eigenvalue weighted by Gasteiger charge is -2.37. The first-order valence-electron chi connectivity index (χ1n) is 5.47. The van der Waals surface area contributed by atoms with Crippen molar-refractivity contribution in [2.45, 2.75) is 43.7 Å². The van der Waals surface area contributed by atoms with Crippen LogP contribution in [0.3, 0.4) is 0 Å². The number of nitrogens with one attached hydrogen (secondary N) is 2. The van der Waals surface area contributed by atoms with Crippen molar-refractivity contribution >= 4 is 5.97 Å². The number of hydrogen-bond donors (Lipinski definition) is 3. The van der Waals surface area contributed by atoms with Gasteiger partial charge in [-0.15, -0.1) is 0 Å². The molecule has 14 heavy (non-hydrogen) atoms. The molecule has 4 heteroatoms. The van der Waals surface area contributed by atoms with Gasteiger partial charge < -0.3 is 15.7 Å². The zero-order valence-corrected chi connectivity index (χ0v) is 8.38. The van der Waals surface area contributed by atoms with E-state index in [0.29, 0.717) is 0 Å². The minimum atomic E-state index is -0.686. The van der Waals surface area contributed by atoms with Gasteiger partial charge in [-0.05, 0) is 38.8 Å². The number of carboxylic acid groups (broad SMARTS) is 1. The molecule has 2 heterocycles. The van der Waals surface area contributed by atoms with Crippen LogP contribution in [0.25, 0.3) is 0 Å². The van der Waals surface area contributed by atoms with Gasteiger partial charge in [-0.25, -0.2) is 0 Å². The number of hydrogen-bond acceptors (Lipinski definition) is 3. The standard InChI is InChI=1S/C10H18N2O2/c13-9(14)10(5-3-7-12-10)8-4-1-2-6-11-8/h8,11-12H,1-7H2,(H,13,14). The summed E-state index contributed by atoms with van der Waals surface area (Å²) in [7, 11) is 0. The second-order valence-corrected chi connectivity index (χ2v) is 4.31. The Balaban J connectivity index is 2.12. The van der Waals surface area contributed by atoms with Crippen molar-refractivity contribution in [2.75, 3.05) is 13.1 Å². The van der Waals surface area contributed by atoms with Crippen LogP contribution < -0.4 is 10.6 Å². The molecule has 2 aliphatic rings. The first kappa shape index (κ1) is 9.93. The molecule has 2 unspecified atom stereocenters. The highest BCUT2D eigenvalue weighted by Crippen LogP contribution is 2.28. The zero-order valence-electron chi connectivity index (χ0n) is 8.38. The Kier molecular flexibility index (Phi) is 2.74. The second kappa shape index (κ2) is 3.87. The van der Waals surface area contributed by atoms with Crippen molar-refractivity contribution in [3.05, 3.63) is 0 Å². The molecule has 0 radical (unpaired) electrons. The fourth-order valence-electron chi connectivity index (χ4n) is 2.67. The third-order valence-corrected chi connectivity index (χ3v) is 3.48. The van der Waals surface area contributed by atoms with Crippen molar-refractivity contribution in [1.29, 1.82) is 0 Å². The average molecular weight is 198 g/mol. The van der Waals surface area contributed by atoms with Crippen LogP contribution in [0, 0.1) is 0 Å². The van der Waals surface area contributed by atoms with Gasteiger partial charge in [0, 0.05) is 6.04 Å². The highest BCUT2D eigenvalue weighted by Gasteiger charge is 2.47. The predicted octanol–water partition coefficient (Wildman–Crippen LogP) is 0.335. The molecule has 2 fully saturated rings. The highest BCUT2D eigenvalue weighted by atomic mass is 16.4. The van der Waals surface area contributed by atoms with Crippen LogP contribution in [0.4, 0.5) is 0 Å². The third-order valence-electron chi connectivity index (χ3n) is 3.48. The monoisotopic (exact) mass is 198 g/mol. The van der Waals surface area contributed by atoms with Crippen molar-refractivity contribution in [2.24, 2.45) is 0 Å². The Morgan fingerprint density at radius 3 is 2.64 bits per heavy atom. The lowest BCUT2D eigenvalue weighted by molar-refractivity contribution is -0.145. The Hall–Kier alpha value is -0.610. The summed E-state index contributed by atoms with van der Waals surface area (Å²) < 4.78 is 0. The van der Waals surface area contributed by atoms with E-state index in [9.17, 15) is 9.90 Å². The van der Waals surface area contributed by atoms with E-state index in [4.69, 9.17) is 0 Å². The molecule has 2 atom stereocenters. The van der Waals surface area contributed by atoms with Gasteiger partial charge >= 0.3 is 5.97 Å². The van der Waals surface area contributed by atoms with Crippen LogP contribution in [-0.2, 0) is 4.79 Å². The highest BCUT2D eigenvalue weighted by molar-refractivity contribution is 5.80. The van der Waals surface area contributed by atoms with E-state index in [2.05, 4.69) is 10.6 Å². The summed E-state index contributed by atoms with van der Waals surface area (Å²) in [6.07, 6.45) is 5.05. The second-order valence-electron chi connectivity index (χ2n) is 4.31. The summed E-state index contributed by atoms with van der Waals surface area (Å²) in [4.78, 5) is 11.3. The minimum absolute atomic E-state index is 0.122. The van der Waals surface area contributed by atoms with E-state index in [1.165, 1.54) is 6.42 Å². The molecule has 0 aromatic carbocycles. The average Bonchev–Trinajstić information content (AvgIpc) is 2.69. The Morgan fingerprint density at radius 1 is 1.29 bits per heavy atom. The molecule has 2 aliphatic heterocycles. The SMILES string of the molecule is O=C(O)C1(C2CCCCN2)CCCN1. The summed E-state index contributed by atoms with van der Waals surface area (Å²) in [6, 6.07) is 0.122. The largest absolute Gasteiger partial charge is 0.480 e. The molecule has 0 aromatic heterocycles. The molecular formula is C10H18N2O2. The maximum atomic E-state index is 11.3. The molecule has 80 valence electrons. The van der Waals surface area contributed by atoms with E-state index >= 15 is 0 Å². The topological polar surface area (TPSA) is 61.4 Å². The molecule has 0 saturated carbocycles. The maximum absolute atomic E-state index is 11.3. The molecular weight excluding hydrogens is 180 g/mol. The van der Waals surface area contributed by atoms with Gasteiger partial charge in [0.1, 0.15) is 5.54 Å². The summed E-state index contributed by atoms with van der Waals surface area (Å²) >= 11 is 0. The van der Waals surface area contributed by atoms with E-state index in [1.807, 2.05) is 0 Å². The van der Waals surface area contributed by atoms with Crippen LogP contribution in [0.15, 0.2) is 0 Å². The number of carbonyl (C=O) groups is 1. The number of aliphatic carboxylic acids is 1. The van der Waals surface area contributed by atoms with Crippen molar-refractivity contribution < 1.29 is 9.90 Å². The quantitative estimate of drug-likeness (QED) is 0.598. The smallest absolute Gasteiger partial charge is 0.325 e. The van der Waals surface area contributed by atoms with Crippen LogP contribution >= 0.6 is 0 Å². The molecule has 0 aromatic rings. The van der Waals surface area contributed by atoms with E-state index in [0.717, 1.165) is 38.8 Å². The van der Waals surface area contributed by atoms with Crippen LogP contribution in [0.2, 0.25) is 0 Å². The molecule has 4 nitrogen and oxygen atoms in total. The summed E-state index contributed by atoms with van der Waals surface area (Å²) in [5.41, 5.74) is -0.680. The molecule has 0 spiro atoms. The van der Waals surface area contributed by atoms with Crippen molar-refractivity contribution in [1.82, 2.24) is 10.6 Å². The Morgan fingerprint density at radius 2 is 2.14 bits per heavy atom. The van der Waals surface area contributed by atoms with Gasteiger partial charge in [0.05, 0.1) is 0 Å². The lowest BCUT2D eigenvalue weighted by Crippen LogP contribution is -2.62. The van der Waals surface area contributed by atoms with Gasteiger partial charge in [-0.2, -0.15) is 0 Å². The predicted molar refractivity (Wildman–Crippen MR) is 53.2 cm³/mol. The van der Waals surface area contributed by atoms with E-state index < -0.39 is 11.5 Å². The molecule has 2 saturated heterocycles. The first-order chi connectivity index (χ1) is 6.76. The number of rotatable bonds is 2. The van der Waals surface area contributed by atoms with Gasteiger partial charge in [0.15, 0.2) is 0 Å². The first-order valence-corrected chi connectivity index (χ1v) is 5.47. The molecule has 0 aliphatic carbocycles. The van der Waals surface area contributed by atoms with Crippen LogP contribution in [0.1, 0.15) is 32.1 Å². The fourth-order valence-corrected chi connectivity index (χ4v) is 2.67. The molecule has 0 bridgehead atoms. The normalized spacial score (nSPS) is 38.4. The van der Waals surface area contributed by atoms with Crippen LogP contribution in [-0.4, -0.2) is 35.7 Å². The van der Waals surface area contributed by atoms with Gasteiger partial charge in [-0.3, -0.25) is 4.79 Å². The van der Waals surface area contributed by atoms with Gasteiger partial charge in [-0.1, -0.05) is 6.42 Å². The van der Waals surface area contributed by atoms with Gasteiger partial charge in [0.25, 0.3) is 0 Å². The lowest BCUT2D eigenvalue weighted by atomic mass is 9.83. The zero-order chi connectivity index (χ0) is 10.0. The summed E-state index contributed by atoms with van der Waals surface area (Å²) in [6.45, 7) is 1.80. The summed E-state index contributed by atoms with van der Waals surface area (Å²) in [5.74, 6) is -0.686. The molecule has 3 N–H and O–H groups in total. The maximum Gasteiger partial charge on any atom is 0.325 e. The minimum Gasteiger partial charge on any atom is -0.480 e. The van der Waals surface area contributed by atoms with E-state index in [-0.39, 0.29) is 6.04 Å². The fraction of sp³-hybridized carbons (Fsp3) is 0.900. The van der Waals surface area contributed by atoms with Crippen molar-refractivity contribution in [3.8, 4) is 0 Å². The Bertz CT molecular complexity index is 218. The number of piperidine rings is 1. The van der Waals surface area contributed by atoms with Crippen LogP contribution in [0.5, 0.6) is 0 Å². The number of carboxylic acids is 1. The third kappa shape index (κ3) is 1.53. The molecule has 0 amide bonds. The van der Waals surface area contributed by atoms with E-state index in [1.54, 1.807) is 0 Å². The summed E-state index contributed by atoms with van der Waals surface area (Å²) in [5, 5.41) is 15.8. The molecule has 2 rings (SSSR count). The van der Waals surface area contributed by atoms with Gasteiger partial charge in [0.2, 0.25) is 0 Å².